The number of nitrogens with zero attached hydrogens (tertiary/aromatic N) is 1. The van der Waals surface area contributed by atoms with E-state index in [0.717, 1.165) is 21.9 Å². The van der Waals surface area contributed by atoms with Crippen molar-refractivity contribution in [1.82, 2.24) is 4.98 Å². The van der Waals surface area contributed by atoms with Crippen LogP contribution in [0.2, 0.25) is 0 Å². The lowest BCUT2D eigenvalue weighted by Crippen LogP contribution is -2.21. The molecule has 0 bridgehead atoms. The van der Waals surface area contributed by atoms with Gasteiger partial charge in [0.05, 0.1) is 5.69 Å². The number of esters is 1. The molecule has 0 saturated carbocycles. The third-order valence-corrected chi connectivity index (χ3v) is 5.73. The van der Waals surface area contributed by atoms with Gasteiger partial charge in [-0.25, -0.2) is 9.78 Å². The molecule has 1 aromatic heterocycles. The first-order valence-electron chi connectivity index (χ1n) is 8.75. The smallest absolute Gasteiger partial charge is 0.358 e. The first kappa shape index (κ1) is 20.1. The summed E-state index contributed by atoms with van der Waals surface area (Å²) in [4.78, 5) is 29.6. The molecule has 0 unspecified atom stereocenters. The second kappa shape index (κ2) is 9.52. The van der Waals surface area contributed by atoms with E-state index in [4.69, 9.17) is 4.74 Å². The quantitative estimate of drug-likeness (QED) is 0.442. The van der Waals surface area contributed by atoms with Gasteiger partial charge in [-0.15, -0.1) is 23.1 Å². The van der Waals surface area contributed by atoms with Crippen LogP contribution in [0.4, 0.5) is 5.69 Å². The molecule has 28 heavy (non-hydrogen) atoms. The Morgan fingerprint density at radius 2 is 1.89 bits per heavy atom. The fraction of sp³-hybridized carbons (Fsp3) is 0.190. The van der Waals surface area contributed by atoms with Crippen LogP contribution in [0, 0.1) is 0 Å². The fourth-order valence-electron chi connectivity index (χ4n) is 2.52. The van der Waals surface area contributed by atoms with Crippen molar-refractivity contribution >= 4 is 40.7 Å². The zero-order valence-electron chi connectivity index (χ0n) is 15.6. The summed E-state index contributed by atoms with van der Waals surface area (Å²) in [6.45, 7) is 1.74. The predicted octanol–water partition coefficient (Wildman–Crippen LogP) is 4.89. The zero-order chi connectivity index (χ0) is 19.9. The number of hydrogen-bond acceptors (Lipinski definition) is 6. The van der Waals surface area contributed by atoms with Gasteiger partial charge in [0.15, 0.2) is 12.3 Å². The molecule has 144 valence electrons. The molecule has 1 amide bonds. The SMILES string of the molecule is CCc1ccc(-c2nc(C(=O)OCC(=O)Nc3ccccc3SC)cs2)cc1. The molecule has 1 heterocycles. The normalized spacial score (nSPS) is 10.5. The molecular weight excluding hydrogens is 392 g/mol. The van der Waals surface area contributed by atoms with Gasteiger partial charge in [0.2, 0.25) is 0 Å². The lowest BCUT2D eigenvalue weighted by atomic mass is 10.1. The van der Waals surface area contributed by atoms with Crippen LogP contribution < -0.4 is 5.32 Å². The summed E-state index contributed by atoms with van der Waals surface area (Å²) in [6, 6.07) is 15.5. The summed E-state index contributed by atoms with van der Waals surface area (Å²) in [5.41, 5.74) is 3.10. The lowest BCUT2D eigenvalue weighted by molar-refractivity contribution is -0.119. The second-order valence-electron chi connectivity index (χ2n) is 5.91. The van der Waals surface area contributed by atoms with Gasteiger partial charge in [-0.3, -0.25) is 4.79 Å². The van der Waals surface area contributed by atoms with Gasteiger partial charge in [-0.2, -0.15) is 0 Å². The van der Waals surface area contributed by atoms with Crippen molar-refractivity contribution in [2.45, 2.75) is 18.2 Å². The third kappa shape index (κ3) is 4.99. The minimum Gasteiger partial charge on any atom is -0.451 e. The van der Waals surface area contributed by atoms with Crippen molar-refractivity contribution in [2.75, 3.05) is 18.2 Å². The molecule has 5 nitrogen and oxygen atoms in total. The van der Waals surface area contributed by atoms with Gasteiger partial charge < -0.3 is 10.1 Å². The molecule has 0 radical (unpaired) electrons. The number of hydrogen-bond donors (Lipinski definition) is 1. The number of carbonyl (C=O) groups is 2. The number of benzene rings is 2. The van der Waals surface area contributed by atoms with E-state index in [1.165, 1.54) is 28.7 Å². The number of aryl methyl sites for hydroxylation is 1. The molecule has 0 fully saturated rings. The standard InChI is InChI=1S/C21H20N2O3S2/c1-3-14-8-10-15(11-9-14)20-23-17(13-28-20)21(25)26-12-19(24)22-16-6-4-5-7-18(16)27-2/h4-11,13H,3,12H2,1-2H3,(H,22,24). The van der Waals surface area contributed by atoms with Crippen LogP contribution in [-0.2, 0) is 16.0 Å². The zero-order valence-corrected chi connectivity index (χ0v) is 17.2. The Kier molecular flexibility index (Phi) is 6.84. The summed E-state index contributed by atoms with van der Waals surface area (Å²) < 4.78 is 5.11. The van der Waals surface area contributed by atoms with Crippen molar-refractivity contribution in [1.29, 1.82) is 0 Å². The molecule has 2 aromatic carbocycles. The number of para-hydroxylation sites is 1. The van der Waals surface area contributed by atoms with E-state index in [1.807, 2.05) is 54.8 Å². The molecule has 3 rings (SSSR count). The number of thiazole rings is 1. The Morgan fingerprint density at radius 1 is 1.14 bits per heavy atom. The minimum atomic E-state index is -0.610. The van der Waals surface area contributed by atoms with Gasteiger partial charge >= 0.3 is 5.97 Å². The van der Waals surface area contributed by atoms with Gasteiger partial charge in [-0.1, -0.05) is 43.3 Å². The Labute approximate surface area is 172 Å². The third-order valence-electron chi connectivity index (χ3n) is 4.04. The van der Waals surface area contributed by atoms with E-state index in [9.17, 15) is 9.59 Å². The van der Waals surface area contributed by atoms with Gasteiger partial charge in [0, 0.05) is 15.8 Å². The van der Waals surface area contributed by atoms with Crippen molar-refractivity contribution in [2.24, 2.45) is 0 Å². The number of ether oxygens (including phenoxy) is 1. The first-order chi connectivity index (χ1) is 13.6. The van der Waals surface area contributed by atoms with E-state index in [-0.39, 0.29) is 18.2 Å². The number of aromatic nitrogens is 1. The maximum Gasteiger partial charge on any atom is 0.358 e. The van der Waals surface area contributed by atoms with Crippen LogP contribution in [0.3, 0.4) is 0 Å². The van der Waals surface area contributed by atoms with Crippen LogP contribution in [-0.4, -0.2) is 29.7 Å². The van der Waals surface area contributed by atoms with Crippen LogP contribution in [0.25, 0.3) is 10.6 Å². The molecular formula is C21H20N2O3S2. The van der Waals surface area contributed by atoms with E-state index in [0.29, 0.717) is 5.69 Å². The Hall–Kier alpha value is -2.64. The van der Waals surface area contributed by atoms with E-state index >= 15 is 0 Å². The maximum atomic E-state index is 12.2. The highest BCUT2D eigenvalue weighted by Crippen LogP contribution is 2.25. The molecule has 7 heteroatoms. The minimum absolute atomic E-state index is 0.205. The van der Waals surface area contributed by atoms with Crippen LogP contribution in [0.1, 0.15) is 23.0 Å². The second-order valence-corrected chi connectivity index (χ2v) is 7.62. The van der Waals surface area contributed by atoms with Gasteiger partial charge in [0.25, 0.3) is 5.91 Å². The molecule has 0 aliphatic carbocycles. The first-order valence-corrected chi connectivity index (χ1v) is 10.9. The van der Waals surface area contributed by atoms with E-state index in [2.05, 4.69) is 17.2 Å². The number of carbonyl (C=O) groups excluding carboxylic acids is 2. The molecule has 3 aromatic rings. The van der Waals surface area contributed by atoms with Gasteiger partial charge in [-0.05, 0) is 30.4 Å². The predicted molar refractivity (Wildman–Crippen MR) is 114 cm³/mol. The van der Waals surface area contributed by atoms with Crippen molar-refractivity contribution in [3.8, 4) is 10.6 Å². The molecule has 1 N–H and O–H groups in total. The monoisotopic (exact) mass is 412 g/mol. The summed E-state index contributed by atoms with van der Waals surface area (Å²) in [5.74, 6) is -0.999. The number of nitrogens with one attached hydrogen (secondary N) is 1. The topological polar surface area (TPSA) is 68.3 Å². The number of anilines is 1. The number of rotatable bonds is 7. The number of amides is 1. The molecule has 0 aliphatic rings. The molecule has 0 aliphatic heterocycles. The number of thioether (sulfide) groups is 1. The Balaban J connectivity index is 1.57. The van der Waals surface area contributed by atoms with Gasteiger partial charge in [0.1, 0.15) is 5.01 Å². The van der Waals surface area contributed by atoms with Crippen LogP contribution >= 0.6 is 23.1 Å². The summed E-state index contributed by atoms with van der Waals surface area (Å²) in [7, 11) is 0. The average molecular weight is 413 g/mol. The molecule has 0 atom stereocenters. The Morgan fingerprint density at radius 3 is 2.61 bits per heavy atom. The maximum absolute atomic E-state index is 12.2. The van der Waals surface area contributed by atoms with E-state index in [1.54, 1.807) is 5.38 Å². The van der Waals surface area contributed by atoms with Crippen molar-refractivity contribution in [3.63, 3.8) is 0 Å². The highest BCUT2D eigenvalue weighted by atomic mass is 32.2. The fourth-order valence-corrected chi connectivity index (χ4v) is 3.87. The summed E-state index contributed by atoms with van der Waals surface area (Å²) >= 11 is 2.90. The van der Waals surface area contributed by atoms with Crippen molar-refractivity contribution in [3.05, 3.63) is 65.2 Å². The van der Waals surface area contributed by atoms with Crippen molar-refractivity contribution < 1.29 is 14.3 Å². The van der Waals surface area contributed by atoms with Crippen LogP contribution in [0.5, 0.6) is 0 Å². The molecule has 0 saturated heterocycles. The van der Waals surface area contributed by atoms with E-state index < -0.39 is 5.97 Å². The summed E-state index contributed by atoms with van der Waals surface area (Å²) in [6.07, 6.45) is 2.90. The highest BCUT2D eigenvalue weighted by molar-refractivity contribution is 7.98. The average Bonchev–Trinajstić information content (AvgIpc) is 3.23. The molecule has 0 spiro atoms. The highest BCUT2D eigenvalue weighted by Gasteiger charge is 2.15. The summed E-state index contributed by atoms with van der Waals surface area (Å²) in [5, 5.41) is 5.14. The largest absolute Gasteiger partial charge is 0.451 e. The van der Waals surface area contributed by atoms with Crippen LogP contribution in [0.15, 0.2) is 58.8 Å². The Bertz CT molecular complexity index is 968. The lowest BCUT2D eigenvalue weighted by Gasteiger charge is -2.09.